The fraction of sp³-hybridized carbons (Fsp3) is 0.333. The Morgan fingerprint density at radius 2 is 1.86 bits per heavy atom. The van der Waals surface area contributed by atoms with Crippen LogP contribution in [0.4, 0.5) is 5.82 Å². The molecule has 0 atom stereocenters. The molecule has 29 heavy (non-hydrogen) atoms. The molecule has 3 aromatic heterocycles. The first-order valence-corrected chi connectivity index (χ1v) is 9.82. The van der Waals surface area contributed by atoms with Gasteiger partial charge in [0.1, 0.15) is 17.8 Å². The molecular weight excluding hydrogens is 366 g/mol. The summed E-state index contributed by atoms with van der Waals surface area (Å²) in [6.07, 6.45) is 1.52. The van der Waals surface area contributed by atoms with Crippen molar-refractivity contribution in [3.8, 4) is 0 Å². The van der Waals surface area contributed by atoms with Gasteiger partial charge in [0.25, 0.3) is 11.7 Å². The third-order valence-corrected chi connectivity index (χ3v) is 5.68. The Labute approximate surface area is 168 Å². The van der Waals surface area contributed by atoms with Crippen LogP contribution in [0.1, 0.15) is 27.3 Å². The summed E-state index contributed by atoms with van der Waals surface area (Å²) in [4.78, 5) is 29.3. The van der Waals surface area contributed by atoms with E-state index in [0.717, 1.165) is 41.1 Å². The smallest absolute Gasteiger partial charge is 0.270 e. The van der Waals surface area contributed by atoms with Crippen molar-refractivity contribution < 1.29 is 4.79 Å². The lowest BCUT2D eigenvalue weighted by Crippen LogP contribution is -2.49. The van der Waals surface area contributed by atoms with E-state index >= 15 is 0 Å². The highest BCUT2D eigenvalue weighted by Gasteiger charge is 2.26. The van der Waals surface area contributed by atoms with Crippen molar-refractivity contribution in [2.75, 3.05) is 31.1 Å². The van der Waals surface area contributed by atoms with Crippen molar-refractivity contribution >= 4 is 28.4 Å². The van der Waals surface area contributed by atoms with Crippen molar-refractivity contribution in [3.05, 3.63) is 53.1 Å². The Balaban J connectivity index is 1.37. The van der Waals surface area contributed by atoms with Crippen LogP contribution in [-0.4, -0.2) is 61.6 Å². The first-order valence-electron chi connectivity index (χ1n) is 9.82. The predicted octanol–water partition coefficient (Wildman–Crippen LogP) is 2.49. The summed E-state index contributed by atoms with van der Waals surface area (Å²) in [7, 11) is 0. The monoisotopic (exact) mass is 389 g/mol. The Hall–Kier alpha value is -3.42. The number of piperazine rings is 1. The maximum absolute atomic E-state index is 13.2. The van der Waals surface area contributed by atoms with Crippen molar-refractivity contribution in [2.45, 2.75) is 20.8 Å². The van der Waals surface area contributed by atoms with Crippen LogP contribution >= 0.6 is 0 Å². The van der Waals surface area contributed by atoms with E-state index in [1.165, 1.54) is 11.9 Å². The van der Waals surface area contributed by atoms with E-state index in [2.05, 4.69) is 44.0 Å². The van der Waals surface area contributed by atoms with Crippen LogP contribution in [0.15, 0.2) is 30.6 Å². The molecule has 4 aromatic rings. The summed E-state index contributed by atoms with van der Waals surface area (Å²) >= 11 is 0. The number of H-pyrrole nitrogens is 1. The molecule has 0 aliphatic carbocycles. The quantitative estimate of drug-likeness (QED) is 0.570. The molecule has 0 unspecified atom stereocenters. The fourth-order valence-electron chi connectivity index (χ4n) is 4.09. The van der Waals surface area contributed by atoms with Crippen LogP contribution in [0.25, 0.3) is 16.7 Å². The Bertz CT molecular complexity index is 1230. The lowest BCUT2D eigenvalue weighted by Gasteiger charge is -2.35. The van der Waals surface area contributed by atoms with Gasteiger partial charge in [-0.25, -0.2) is 4.98 Å². The maximum atomic E-state index is 13.2. The number of hydrogen-bond donors (Lipinski definition) is 1. The second kappa shape index (κ2) is 6.58. The number of carbonyl (C=O) groups excluding carboxylic acids is 1. The summed E-state index contributed by atoms with van der Waals surface area (Å²) in [5.41, 5.74) is 4.82. The third-order valence-electron chi connectivity index (χ3n) is 5.68. The Kier molecular flexibility index (Phi) is 4.01. The minimum absolute atomic E-state index is 0.0628. The van der Waals surface area contributed by atoms with Gasteiger partial charge < -0.3 is 14.8 Å². The zero-order valence-electron chi connectivity index (χ0n) is 16.8. The molecule has 0 spiro atoms. The molecular formula is C21H23N7O. The van der Waals surface area contributed by atoms with E-state index in [-0.39, 0.29) is 5.91 Å². The molecule has 1 aliphatic rings. The van der Waals surface area contributed by atoms with Gasteiger partial charge in [-0.05, 0) is 38.5 Å². The summed E-state index contributed by atoms with van der Waals surface area (Å²) in [6.45, 7) is 8.83. The number of aryl methyl sites for hydroxylation is 3. The number of fused-ring (bicyclic) bond motifs is 2. The molecule has 1 aliphatic heterocycles. The largest absolute Gasteiger partial charge is 0.353 e. The average Bonchev–Trinajstić information content (AvgIpc) is 3.31. The van der Waals surface area contributed by atoms with E-state index in [1.54, 1.807) is 4.52 Å². The maximum Gasteiger partial charge on any atom is 0.270 e. The first kappa shape index (κ1) is 17.7. The number of nitrogens with one attached hydrogen (secondary N) is 1. The number of aromatic nitrogens is 5. The van der Waals surface area contributed by atoms with E-state index in [0.29, 0.717) is 24.6 Å². The van der Waals surface area contributed by atoms with Crippen molar-refractivity contribution in [1.29, 1.82) is 0 Å². The highest BCUT2D eigenvalue weighted by atomic mass is 16.2. The fourth-order valence-corrected chi connectivity index (χ4v) is 4.09. The highest BCUT2D eigenvalue weighted by Crippen LogP contribution is 2.25. The minimum Gasteiger partial charge on any atom is -0.353 e. The lowest BCUT2D eigenvalue weighted by molar-refractivity contribution is 0.0740. The number of carbonyl (C=O) groups is 1. The van der Waals surface area contributed by atoms with Crippen LogP contribution in [0.2, 0.25) is 0 Å². The molecule has 8 nitrogen and oxygen atoms in total. The molecule has 5 rings (SSSR count). The number of hydrogen-bond acceptors (Lipinski definition) is 5. The second-order valence-corrected chi connectivity index (χ2v) is 7.68. The van der Waals surface area contributed by atoms with Crippen molar-refractivity contribution in [1.82, 2.24) is 29.5 Å². The van der Waals surface area contributed by atoms with E-state index in [9.17, 15) is 4.79 Å². The van der Waals surface area contributed by atoms with Crippen molar-refractivity contribution in [3.63, 3.8) is 0 Å². The normalized spacial score (nSPS) is 14.9. The molecule has 1 saturated heterocycles. The number of anilines is 1. The van der Waals surface area contributed by atoms with Gasteiger partial charge in [0.2, 0.25) is 0 Å². The number of amides is 1. The minimum atomic E-state index is 0.0628. The van der Waals surface area contributed by atoms with Gasteiger partial charge in [-0.1, -0.05) is 11.6 Å². The zero-order chi connectivity index (χ0) is 20.1. The average molecular weight is 389 g/mol. The number of aromatic amines is 1. The summed E-state index contributed by atoms with van der Waals surface area (Å²) in [6, 6.07) is 8.25. The van der Waals surface area contributed by atoms with E-state index in [1.807, 2.05) is 30.9 Å². The van der Waals surface area contributed by atoms with Crippen LogP contribution in [0.3, 0.4) is 0 Å². The van der Waals surface area contributed by atoms with Crippen LogP contribution < -0.4 is 4.90 Å². The second-order valence-electron chi connectivity index (χ2n) is 7.68. The number of rotatable bonds is 2. The van der Waals surface area contributed by atoms with Gasteiger partial charge in [-0.15, -0.1) is 0 Å². The topological polar surface area (TPSA) is 82.4 Å². The lowest BCUT2D eigenvalue weighted by atomic mass is 10.1. The van der Waals surface area contributed by atoms with Crippen LogP contribution in [0, 0.1) is 20.8 Å². The summed E-state index contributed by atoms with van der Waals surface area (Å²) in [5.74, 6) is 1.63. The summed E-state index contributed by atoms with van der Waals surface area (Å²) < 4.78 is 1.76. The van der Waals surface area contributed by atoms with E-state index < -0.39 is 0 Å². The molecule has 1 aromatic carbocycles. The molecule has 4 heterocycles. The predicted molar refractivity (Wildman–Crippen MR) is 111 cm³/mol. The van der Waals surface area contributed by atoms with Gasteiger partial charge in [0, 0.05) is 48.8 Å². The van der Waals surface area contributed by atoms with Gasteiger partial charge >= 0.3 is 0 Å². The Morgan fingerprint density at radius 3 is 2.66 bits per heavy atom. The molecule has 1 amide bonds. The van der Waals surface area contributed by atoms with E-state index in [4.69, 9.17) is 0 Å². The molecule has 148 valence electrons. The Morgan fingerprint density at radius 1 is 1.07 bits per heavy atom. The molecule has 1 fully saturated rings. The standard InChI is InChI=1S/C21H23N7O/c1-13-4-5-17-16(10-13)15(3)19(25-17)20(29)27-8-6-26(7-9-27)18-11-14(2)24-21-22-12-23-28(18)21/h4-5,10-12,25H,6-9H2,1-3H3. The van der Waals surface area contributed by atoms with Gasteiger partial charge in [-0.2, -0.15) is 14.6 Å². The summed E-state index contributed by atoms with van der Waals surface area (Å²) in [5, 5.41) is 5.41. The SMILES string of the molecule is Cc1ccc2[nH]c(C(=O)N3CCN(c4cc(C)nc5ncnn45)CC3)c(C)c2c1. The third kappa shape index (κ3) is 2.91. The van der Waals surface area contributed by atoms with Crippen LogP contribution in [-0.2, 0) is 0 Å². The number of benzene rings is 1. The number of nitrogens with zero attached hydrogens (tertiary/aromatic N) is 6. The van der Waals surface area contributed by atoms with Crippen LogP contribution in [0.5, 0.6) is 0 Å². The van der Waals surface area contributed by atoms with Crippen molar-refractivity contribution in [2.24, 2.45) is 0 Å². The molecule has 0 bridgehead atoms. The molecule has 8 heteroatoms. The molecule has 0 radical (unpaired) electrons. The van der Waals surface area contributed by atoms with Gasteiger partial charge in [-0.3, -0.25) is 4.79 Å². The van der Waals surface area contributed by atoms with Gasteiger partial charge in [0.05, 0.1) is 0 Å². The first-order chi connectivity index (χ1) is 14.0. The molecule has 0 saturated carbocycles. The highest BCUT2D eigenvalue weighted by molar-refractivity contribution is 6.01. The zero-order valence-corrected chi connectivity index (χ0v) is 16.8. The van der Waals surface area contributed by atoms with Gasteiger partial charge in [0.15, 0.2) is 0 Å². The molecule has 1 N–H and O–H groups in total.